The number of hydrogen-bond donors (Lipinski definition) is 2. The topological polar surface area (TPSA) is 63.7 Å². The third-order valence-electron chi connectivity index (χ3n) is 7.43. The lowest BCUT2D eigenvalue weighted by Crippen LogP contribution is -2.59. The van der Waals surface area contributed by atoms with Crippen LogP contribution in [0.15, 0.2) is 48.7 Å². The van der Waals surface area contributed by atoms with Gasteiger partial charge in [-0.1, -0.05) is 12.1 Å². The second-order valence-electron chi connectivity index (χ2n) is 9.51. The van der Waals surface area contributed by atoms with Crippen LogP contribution in [0, 0.1) is 17.7 Å². The third-order valence-corrected chi connectivity index (χ3v) is 7.43. The number of piperazine rings is 1. The number of urea groups is 1. The predicted octanol–water partition coefficient (Wildman–Crippen LogP) is 2.87. The van der Waals surface area contributed by atoms with Crippen LogP contribution in [0.4, 0.5) is 20.7 Å². The fourth-order valence-corrected chi connectivity index (χ4v) is 5.65. The van der Waals surface area contributed by atoms with Crippen LogP contribution < -0.4 is 15.5 Å². The highest BCUT2D eigenvalue weighted by molar-refractivity contribution is 5.89. The average molecular weight is 453 g/mol. The number of pyridine rings is 1. The minimum absolute atomic E-state index is 0.273. The standard InChI is InChI=1S/C25H33FN6O/c26-21-4-3-5-22(15-21)29-25(33)28-16-23-14-19-7-9-32(23)18-20(19)17-30-10-12-31(13-11-30)24-6-1-2-8-27-24/h1-6,8,15,19-20,23H,7,9-14,16-18H2,(H2,28,29,33)/t19-,20-,23+/m0/s1. The number of amides is 2. The molecule has 1 aromatic carbocycles. The molecule has 1 unspecified atom stereocenters. The van der Waals surface area contributed by atoms with Crippen molar-refractivity contribution in [3.8, 4) is 0 Å². The van der Waals surface area contributed by atoms with Gasteiger partial charge in [0.05, 0.1) is 0 Å². The Bertz CT molecular complexity index is 936. The number of carbonyl (C=O) groups is 1. The summed E-state index contributed by atoms with van der Waals surface area (Å²) in [5.74, 6) is 2.16. The third kappa shape index (κ3) is 5.45. The maximum atomic E-state index is 13.3. The molecule has 0 spiro atoms. The molecule has 1 aromatic heterocycles. The molecular formula is C25H33FN6O. The van der Waals surface area contributed by atoms with Crippen LogP contribution in [0.3, 0.4) is 0 Å². The molecule has 4 aliphatic rings. The largest absolute Gasteiger partial charge is 0.354 e. The Morgan fingerprint density at radius 3 is 2.70 bits per heavy atom. The molecule has 0 radical (unpaired) electrons. The first-order valence-electron chi connectivity index (χ1n) is 12.1. The number of nitrogens with one attached hydrogen (secondary N) is 2. The maximum Gasteiger partial charge on any atom is 0.319 e. The van der Waals surface area contributed by atoms with E-state index in [1.165, 1.54) is 18.6 Å². The van der Waals surface area contributed by atoms with Crippen molar-refractivity contribution in [1.82, 2.24) is 20.1 Å². The molecular weight excluding hydrogens is 419 g/mol. The lowest BCUT2D eigenvalue weighted by Gasteiger charge is -2.51. The van der Waals surface area contributed by atoms with Gasteiger partial charge in [-0.3, -0.25) is 9.80 Å². The Kier molecular flexibility index (Phi) is 6.73. The molecule has 4 saturated heterocycles. The van der Waals surface area contributed by atoms with Crippen molar-refractivity contribution in [3.05, 3.63) is 54.5 Å². The van der Waals surface area contributed by atoms with Crippen molar-refractivity contribution in [3.63, 3.8) is 0 Å². The van der Waals surface area contributed by atoms with Crippen LogP contribution in [-0.4, -0.2) is 79.2 Å². The summed E-state index contributed by atoms with van der Waals surface area (Å²) in [6.07, 6.45) is 4.26. The first-order valence-corrected chi connectivity index (χ1v) is 12.1. The molecule has 8 heteroatoms. The van der Waals surface area contributed by atoms with E-state index in [1.54, 1.807) is 12.1 Å². The molecule has 4 aliphatic heterocycles. The summed E-state index contributed by atoms with van der Waals surface area (Å²) >= 11 is 0. The van der Waals surface area contributed by atoms with E-state index in [0.29, 0.717) is 24.2 Å². The van der Waals surface area contributed by atoms with Gasteiger partial charge in [-0.15, -0.1) is 0 Å². The average Bonchev–Trinajstić information content (AvgIpc) is 2.84. The molecule has 2 amide bonds. The molecule has 176 valence electrons. The second-order valence-corrected chi connectivity index (χ2v) is 9.51. The SMILES string of the molecule is O=C(NC[C@H]1C[C@@H]2CCN1C[C@@H]2CN1CCN(c2ccccn2)CC1)Nc1cccc(F)c1. The Balaban J connectivity index is 1.06. The van der Waals surface area contributed by atoms with Gasteiger partial charge in [-0.2, -0.15) is 0 Å². The van der Waals surface area contributed by atoms with Gasteiger partial charge in [-0.25, -0.2) is 14.2 Å². The highest BCUT2D eigenvalue weighted by Gasteiger charge is 2.40. The van der Waals surface area contributed by atoms with Crippen molar-refractivity contribution >= 4 is 17.5 Å². The lowest BCUT2D eigenvalue weighted by molar-refractivity contribution is -0.0114. The summed E-state index contributed by atoms with van der Waals surface area (Å²) in [5.41, 5.74) is 0.473. The van der Waals surface area contributed by atoms with Gasteiger partial charge >= 0.3 is 6.03 Å². The molecule has 5 heterocycles. The number of aromatic nitrogens is 1. The Morgan fingerprint density at radius 2 is 1.97 bits per heavy atom. The fourth-order valence-electron chi connectivity index (χ4n) is 5.65. The first-order chi connectivity index (χ1) is 16.1. The van der Waals surface area contributed by atoms with Crippen LogP contribution in [0.25, 0.3) is 0 Å². The van der Waals surface area contributed by atoms with Gasteiger partial charge < -0.3 is 15.5 Å². The molecule has 2 aromatic rings. The minimum Gasteiger partial charge on any atom is -0.354 e. The smallest absolute Gasteiger partial charge is 0.319 e. The Hall–Kier alpha value is -2.71. The minimum atomic E-state index is -0.354. The summed E-state index contributed by atoms with van der Waals surface area (Å²) in [6, 6.07) is 12.2. The molecule has 2 bridgehead atoms. The second kappa shape index (κ2) is 10.1. The van der Waals surface area contributed by atoms with Crippen LogP contribution in [0.2, 0.25) is 0 Å². The molecule has 0 aliphatic carbocycles. The quantitative estimate of drug-likeness (QED) is 0.706. The van der Waals surface area contributed by atoms with Gasteiger partial charge in [-0.05, 0) is 61.6 Å². The van der Waals surface area contributed by atoms with E-state index in [4.69, 9.17) is 0 Å². The van der Waals surface area contributed by atoms with Crippen molar-refractivity contribution in [2.45, 2.75) is 18.9 Å². The molecule has 7 nitrogen and oxygen atoms in total. The first kappa shape index (κ1) is 22.1. The van der Waals surface area contributed by atoms with E-state index in [1.807, 2.05) is 12.3 Å². The van der Waals surface area contributed by atoms with E-state index in [0.717, 1.165) is 64.0 Å². The van der Waals surface area contributed by atoms with E-state index in [-0.39, 0.29) is 11.8 Å². The van der Waals surface area contributed by atoms with E-state index >= 15 is 0 Å². The lowest BCUT2D eigenvalue weighted by atomic mass is 9.75. The van der Waals surface area contributed by atoms with Crippen LogP contribution >= 0.6 is 0 Å². The van der Waals surface area contributed by atoms with Crippen molar-refractivity contribution < 1.29 is 9.18 Å². The highest BCUT2D eigenvalue weighted by atomic mass is 19.1. The molecule has 4 fully saturated rings. The number of piperidine rings is 3. The van der Waals surface area contributed by atoms with Crippen LogP contribution in [0.1, 0.15) is 12.8 Å². The Morgan fingerprint density at radius 1 is 1.09 bits per heavy atom. The number of halogens is 1. The maximum absolute atomic E-state index is 13.3. The molecule has 2 N–H and O–H groups in total. The number of fused-ring (bicyclic) bond motifs is 3. The predicted molar refractivity (Wildman–Crippen MR) is 128 cm³/mol. The zero-order valence-electron chi connectivity index (χ0n) is 19.0. The van der Waals surface area contributed by atoms with Gasteiger partial charge in [0.15, 0.2) is 0 Å². The number of anilines is 2. The zero-order valence-corrected chi connectivity index (χ0v) is 19.0. The number of hydrogen-bond acceptors (Lipinski definition) is 5. The Labute approximate surface area is 195 Å². The highest BCUT2D eigenvalue weighted by Crippen LogP contribution is 2.36. The summed E-state index contributed by atoms with van der Waals surface area (Å²) in [5, 5.41) is 5.71. The van der Waals surface area contributed by atoms with Gasteiger partial charge in [0.2, 0.25) is 0 Å². The van der Waals surface area contributed by atoms with E-state index in [9.17, 15) is 9.18 Å². The van der Waals surface area contributed by atoms with Gasteiger partial charge in [0.25, 0.3) is 0 Å². The van der Waals surface area contributed by atoms with Crippen LogP contribution in [-0.2, 0) is 0 Å². The molecule has 6 rings (SSSR count). The number of carbonyl (C=O) groups excluding carboxylic acids is 1. The summed E-state index contributed by atoms with van der Waals surface area (Å²) in [4.78, 5) is 24.3. The van der Waals surface area contributed by atoms with Crippen LogP contribution in [0.5, 0.6) is 0 Å². The molecule has 4 atom stereocenters. The zero-order chi connectivity index (χ0) is 22.6. The summed E-state index contributed by atoms with van der Waals surface area (Å²) in [7, 11) is 0. The van der Waals surface area contributed by atoms with E-state index in [2.05, 4.69) is 42.5 Å². The number of benzene rings is 1. The van der Waals surface area contributed by atoms with Crippen molar-refractivity contribution in [2.24, 2.45) is 11.8 Å². The number of rotatable bonds is 6. The summed E-state index contributed by atoms with van der Waals surface area (Å²) < 4.78 is 13.3. The molecule has 0 saturated carbocycles. The van der Waals surface area contributed by atoms with Gasteiger partial charge in [0.1, 0.15) is 11.6 Å². The number of nitrogens with zero attached hydrogens (tertiary/aromatic N) is 4. The van der Waals surface area contributed by atoms with Gasteiger partial charge in [0, 0.05) is 63.7 Å². The molecule has 33 heavy (non-hydrogen) atoms. The monoisotopic (exact) mass is 452 g/mol. The van der Waals surface area contributed by atoms with Crippen molar-refractivity contribution in [1.29, 1.82) is 0 Å². The van der Waals surface area contributed by atoms with E-state index < -0.39 is 0 Å². The fraction of sp³-hybridized carbons (Fsp3) is 0.520. The normalized spacial score (nSPS) is 27.4. The van der Waals surface area contributed by atoms with Crippen molar-refractivity contribution in [2.75, 3.05) is 62.6 Å². The summed E-state index contributed by atoms with van der Waals surface area (Å²) in [6.45, 7) is 8.27.